The lowest BCUT2D eigenvalue weighted by Gasteiger charge is -2.11. The van der Waals surface area contributed by atoms with Gasteiger partial charge in [-0.25, -0.2) is 9.67 Å². The minimum atomic E-state index is 0.351. The molecule has 4 rings (SSSR count). The van der Waals surface area contributed by atoms with E-state index in [0.717, 1.165) is 30.1 Å². The predicted molar refractivity (Wildman–Crippen MR) is 74.7 cm³/mol. The molecule has 3 nitrogen and oxygen atoms in total. The van der Waals surface area contributed by atoms with Crippen molar-refractivity contribution in [3.63, 3.8) is 0 Å². The molecule has 96 valence electrons. The van der Waals surface area contributed by atoms with E-state index in [0.29, 0.717) is 12.0 Å². The number of hydrogen-bond donors (Lipinski definition) is 0. The van der Waals surface area contributed by atoms with E-state index in [1.54, 1.807) is 0 Å². The standard InChI is InChI=1S/C16H17N3/c1-11(12-7-8-12)16-17-15-10-9-14(19(15)18-16)13-5-3-2-4-6-13/h2-6,12,14H,1,7-10H2. The van der Waals surface area contributed by atoms with Gasteiger partial charge in [0.25, 0.3) is 0 Å². The van der Waals surface area contributed by atoms with Crippen LogP contribution in [0, 0.1) is 5.92 Å². The SMILES string of the molecule is C=C(c1nc2n(n1)C(c1ccccc1)CC2)C1CC1. The predicted octanol–water partition coefficient (Wildman–Crippen LogP) is 3.24. The van der Waals surface area contributed by atoms with Crippen LogP contribution in [0.5, 0.6) is 0 Å². The van der Waals surface area contributed by atoms with E-state index in [9.17, 15) is 0 Å². The topological polar surface area (TPSA) is 30.7 Å². The van der Waals surface area contributed by atoms with Crippen molar-refractivity contribution >= 4 is 5.57 Å². The van der Waals surface area contributed by atoms with E-state index in [1.807, 2.05) is 0 Å². The Kier molecular flexibility index (Phi) is 2.34. The fourth-order valence-corrected chi connectivity index (χ4v) is 2.90. The average Bonchev–Trinajstić information content (AvgIpc) is 3.09. The maximum atomic E-state index is 4.72. The highest BCUT2D eigenvalue weighted by Crippen LogP contribution is 2.40. The van der Waals surface area contributed by atoms with E-state index in [2.05, 4.69) is 46.6 Å². The highest BCUT2D eigenvalue weighted by Gasteiger charge is 2.31. The van der Waals surface area contributed by atoms with Crippen molar-refractivity contribution in [1.29, 1.82) is 0 Å². The van der Waals surface area contributed by atoms with Crippen molar-refractivity contribution in [2.75, 3.05) is 0 Å². The Morgan fingerprint density at radius 1 is 1.16 bits per heavy atom. The number of allylic oxidation sites excluding steroid dienone is 1. The maximum absolute atomic E-state index is 4.72. The lowest BCUT2D eigenvalue weighted by molar-refractivity contribution is 0.553. The molecule has 0 N–H and O–H groups in total. The molecule has 1 aromatic heterocycles. The van der Waals surface area contributed by atoms with Gasteiger partial charge in [0, 0.05) is 6.42 Å². The van der Waals surface area contributed by atoms with Gasteiger partial charge in [0.1, 0.15) is 5.82 Å². The minimum absolute atomic E-state index is 0.351. The molecule has 0 radical (unpaired) electrons. The number of aromatic nitrogens is 3. The van der Waals surface area contributed by atoms with Crippen LogP contribution in [0.25, 0.3) is 5.57 Å². The number of hydrogen-bond acceptors (Lipinski definition) is 2. The third-order valence-electron chi connectivity index (χ3n) is 4.18. The number of aryl methyl sites for hydroxylation is 1. The Bertz CT molecular complexity index is 623. The quantitative estimate of drug-likeness (QED) is 0.838. The molecular formula is C16H17N3. The van der Waals surface area contributed by atoms with E-state index in [1.165, 1.54) is 18.4 Å². The molecule has 1 fully saturated rings. The first-order valence-electron chi connectivity index (χ1n) is 7.02. The molecule has 1 aromatic carbocycles. The van der Waals surface area contributed by atoms with Crippen molar-refractivity contribution in [3.05, 3.63) is 54.1 Å². The lowest BCUT2D eigenvalue weighted by Crippen LogP contribution is -2.07. The largest absolute Gasteiger partial charge is 0.242 e. The molecule has 3 heteroatoms. The molecule has 1 saturated carbocycles. The summed E-state index contributed by atoms with van der Waals surface area (Å²) in [4.78, 5) is 4.68. The van der Waals surface area contributed by atoms with Gasteiger partial charge in [-0.15, -0.1) is 0 Å². The van der Waals surface area contributed by atoms with Crippen molar-refractivity contribution in [3.8, 4) is 0 Å². The highest BCUT2D eigenvalue weighted by molar-refractivity contribution is 5.61. The Morgan fingerprint density at radius 2 is 1.95 bits per heavy atom. The van der Waals surface area contributed by atoms with Crippen LogP contribution < -0.4 is 0 Å². The molecule has 0 spiro atoms. The zero-order valence-corrected chi connectivity index (χ0v) is 10.9. The van der Waals surface area contributed by atoms with Gasteiger partial charge < -0.3 is 0 Å². The van der Waals surface area contributed by atoms with Gasteiger partial charge in [0.05, 0.1) is 6.04 Å². The maximum Gasteiger partial charge on any atom is 0.177 e. The van der Waals surface area contributed by atoms with E-state index >= 15 is 0 Å². The summed E-state index contributed by atoms with van der Waals surface area (Å²) < 4.78 is 2.11. The van der Waals surface area contributed by atoms with Crippen LogP contribution >= 0.6 is 0 Å². The number of rotatable bonds is 3. The molecule has 0 bridgehead atoms. The van der Waals surface area contributed by atoms with Gasteiger partial charge in [0.15, 0.2) is 5.82 Å². The van der Waals surface area contributed by atoms with Gasteiger partial charge in [0.2, 0.25) is 0 Å². The van der Waals surface area contributed by atoms with E-state index < -0.39 is 0 Å². The van der Waals surface area contributed by atoms with Crippen LogP contribution in [0.2, 0.25) is 0 Å². The molecule has 1 aliphatic heterocycles. The summed E-state index contributed by atoms with van der Waals surface area (Å²) >= 11 is 0. The van der Waals surface area contributed by atoms with Gasteiger partial charge in [-0.2, -0.15) is 5.10 Å². The first-order chi connectivity index (χ1) is 9.33. The van der Waals surface area contributed by atoms with Crippen LogP contribution in [0.4, 0.5) is 0 Å². The summed E-state index contributed by atoms with van der Waals surface area (Å²) in [7, 11) is 0. The monoisotopic (exact) mass is 251 g/mol. The summed E-state index contributed by atoms with van der Waals surface area (Å²) in [6.45, 7) is 4.16. The van der Waals surface area contributed by atoms with Gasteiger partial charge >= 0.3 is 0 Å². The fraction of sp³-hybridized carbons (Fsp3) is 0.375. The Labute approximate surface area is 113 Å². The summed E-state index contributed by atoms with van der Waals surface area (Å²) in [5.74, 6) is 2.63. The Morgan fingerprint density at radius 3 is 2.68 bits per heavy atom. The van der Waals surface area contributed by atoms with Crippen LogP contribution in [0.1, 0.15) is 42.5 Å². The fourth-order valence-electron chi connectivity index (χ4n) is 2.90. The summed E-state index contributed by atoms with van der Waals surface area (Å²) in [5, 5.41) is 4.72. The van der Waals surface area contributed by atoms with Crippen LogP contribution in [0.3, 0.4) is 0 Å². The second kappa shape index (κ2) is 4.05. The first-order valence-corrected chi connectivity index (χ1v) is 7.02. The normalized spacial score (nSPS) is 21.4. The van der Waals surface area contributed by atoms with Crippen molar-refractivity contribution < 1.29 is 0 Å². The van der Waals surface area contributed by atoms with Crippen LogP contribution in [-0.4, -0.2) is 14.8 Å². The van der Waals surface area contributed by atoms with Gasteiger partial charge in [-0.05, 0) is 36.3 Å². The highest BCUT2D eigenvalue weighted by atomic mass is 15.4. The number of nitrogens with zero attached hydrogens (tertiary/aromatic N) is 3. The van der Waals surface area contributed by atoms with E-state index in [4.69, 9.17) is 5.10 Å². The Hall–Kier alpha value is -1.90. The minimum Gasteiger partial charge on any atom is -0.242 e. The molecule has 2 aliphatic rings. The number of benzene rings is 1. The van der Waals surface area contributed by atoms with Crippen LogP contribution in [-0.2, 0) is 6.42 Å². The molecule has 0 amide bonds. The zero-order valence-electron chi connectivity index (χ0n) is 10.9. The molecule has 2 aromatic rings. The van der Waals surface area contributed by atoms with Gasteiger partial charge in [-0.3, -0.25) is 0 Å². The van der Waals surface area contributed by atoms with Crippen molar-refractivity contribution in [2.24, 2.45) is 5.92 Å². The lowest BCUT2D eigenvalue weighted by atomic mass is 10.1. The van der Waals surface area contributed by atoms with Gasteiger partial charge in [-0.1, -0.05) is 36.9 Å². The van der Waals surface area contributed by atoms with Crippen molar-refractivity contribution in [2.45, 2.75) is 31.7 Å². The third kappa shape index (κ3) is 1.81. The second-order valence-electron chi connectivity index (χ2n) is 5.56. The number of fused-ring (bicyclic) bond motifs is 1. The molecule has 2 heterocycles. The molecule has 19 heavy (non-hydrogen) atoms. The second-order valence-corrected chi connectivity index (χ2v) is 5.56. The smallest absolute Gasteiger partial charge is 0.177 e. The Balaban J connectivity index is 1.68. The van der Waals surface area contributed by atoms with E-state index in [-0.39, 0.29) is 0 Å². The first kappa shape index (κ1) is 11.0. The average molecular weight is 251 g/mol. The summed E-state index contributed by atoms with van der Waals surface area (Å²) in [6, 6.07) is 10.9. The van der Waals surface area contributed by atoms with Crippen molar-refractivity contribution in [1.82, 2.24) is 14.8 Å². The summed E-state index contributed by atoms with van der Waals surface area (Å²) in [6.07, 6.45) is 4.63. The molecular weight excluding hydrogens is 234 g/mol. The third-order valence-corrected chi connectivity index (χ3v) is 4.18. The molecule has 1 aliphatic carbocycles. The summed E-state index contributed by atoms with van der Waals surface area (Å²) in [5.41, 5.74) is 2.46. The van der Waals surface area contributed by atoms with Crippen LogP contribution in [0.15, 0.2) is 36.9 Å². The zero-order chi connectivity index (χ0) is 12.8. The molecule has 0 saturated heterocycles. The molecule has 1 atom stereocenters. The molecule has 1 unspecified atom stereocenters.